The number of aromatic nitrogens is 1. The fraction of sp³-hybridized carbons (Fsp3) is 0.471. The fourth-order valence-electron chi connectivity index (χ4n) is 2.62. The Morgan fingerprint density at radius 1 is 1.24 bits per heavy atom. The summed E-state index contributed by atoms with van der Waals surface area (Å²) in [4.78, 5) is 3.76. The van der Waals surface area contributed by atoms with Gasteiger partial charge in [0.05, 0.1) is 17.7 Å². The van der Waals surface area contributed by atoms with Crippen LogP contribution in [0.1, 0.15) is 43.7 Å². The molecule has 2 rings (SSSR count). The number of hydrogen-bond acceptors (Lipinski definition) is 3. The van der Waals surface area contributed by atoms with Crippen LogP contribution >= 0.6 is 25.4 Å². The van der Waals surface area contributed by atoms with E-state index in [1.807, 2.05) is 27.7 Å². The predicted octanol–water partition coefficient (Wildman–Crippen LogP) is 5.99. The molecule has 0 spiro atoms. The smallest absolute Gasteiger partial charge is 0.365 e. The number of rotatable bonds is 4. The topological polar surface area (TPSA) is 31.4 Å². The van der Waals surface area contributed by atoms with E-state index in [0.717, 1.165) is 17.2 Å². The summed E-state index contributed by atoms with van der Waals surface area (Å²) in [7, 11) is 2.19. The van der Waals surface area contributed by atoms with E-state index in [1.54, 1.807) is 6.07 Å². The van der Waals surface area contributed by atoms with Gasteiger partial charge < -0.3 is 9.26 Å². The van der Waals surface area contributed by atoms with Crippen LogP contribution in [-0.4, -0.2) is 17.2 Å². The molecule has 0 aliphatic carbocycles. The van der Waals surface area contributed by atoms with Crippen molar-refractivity contribution in [2.75, 3.05) is 6.61 Å². The molecule has 0 aliphatic heterocycles. The highest BCUT2D eigenvalue weighted by atomic mass is 79.9. The Bertz CT molecular complexity index is 775. The lowest BCUT2D eigenvalue weighted by atomic mass is 9.99. The van der Waals surface area contributed by atoms with Crippen molar-refractivity contribution >= 4 is 36.3 Å². The summed E-state index contributed by atoms with van der Waals surface area (Å²) in [5, 5.41) is 0.597. The fourth-order valence-corrected chi connectivity index (χ4v) is 3.69. The molecule has 0 bridgehead atoms. The lowest BCUT2D eigenvalue weighted by Gasteiger charge is -2.29. The van der Waals surface area contributed by atoms with Crippen molar-refractivity contribution in [3.05, 3.63) is 39.5 Å². The number of aryl methyl sites for hydroxylation is 1. The van der Waals surface area contributed by atoms with Crippen molar-refractivity contribution in [3.63, 3.8) is 0 Å². The molecule has 8 heteroatoms. The van der Waals surface area contributed by atoms with Gasteiger partial charge in [0, 0.05) is 24.9 Å². The quantitative estimate of drug-likeness (QED) is 0.550. The number of hydrogen-bond donors (Lipinski definition) is 0. The minimum absolute atomic E-state index is 0.282. The van der Waals surface area contributed by atoms with Gasteiger partial charge in [-0.3, -0.25) is 0 Å². The van der Waals surface area contributed by atoms with Crippen molar-refractivity contribution in [2.45, 2.75) is 45.6 Å². The van der Waals surface area contributed by atoms with Crippen LogP contribution in [0.3, 0.4) is 0 Å². The first-order chi connectivity index (χ1) is 11.4. The van der Waals surface area contributed by atoms with Crippen LogP contribution in [0.2, 0.25) is 0 Å². The second kappa shape index (κ2) is 7.47. The number of benzene rings is 1. The standard InChI is InChI=1S/C17H20BrF3NO2P/c1-9-7-11-10(5-6-13(22-11)17(19,20)21)15(18)14(9)12(8-23-25)24-16(2,3)4/h5-7,12H,8,25H2,1-4H3/t12-/m1/s1. The first-order valence-electron chi connectivity index (χ1n) is 7.60. The Hall–Kier alpha value is -0.750. The number of alkyl halides is 3. The summed E-state index contributed by atoms with van der Waals surface area (Å²) < 4.78 is 50.6. The van der Waals surface area contributed by atoms with Gasteiger partial charge in [0.1, 0.15) is 11.8 Å². The van der Waals surface area contributed by atoms with Gasteiger partial charge in [-0.2, -0.15) is 13.2 Å². The molecule has 1 aromatic carbocycles. The zero-order valence-electron chi connectivity index (χ0n) is 14.4. The number of ether oxygens (including phenoxy) is 1. The van der Waals surface area contributed by atoms with Crippen LogP contribution in [-0.2, 0) is 15.4 Å². The average molecular weight is 438 g/mol. The zero-order valence-corrected chi connectivity index (χ0v) is 17.1. The van der Waals surface area contributed by atoms with Gasteiger partial charge in [0.2, 0.25) is 0 Å². The van der Waals surface area contributed by atoms with Crippen LogP contribution in [0.25, 0.3) is 10.9 Å². The van der Waals surface area contributed by atoms with E-state index in [2.05, 4.69) is 30.4 Å². The molecule has 1 aromatic heterocycles. The maximum Gasteiger partial charge on any atom is 0.433 e. The minimum Gasteiger partial charge on any atom is -0.365 e. The van der Waals surface area contributed by atoms with Crippen LogP contribution < -0.4 is 0 Å². The zero-order chi connectivity index (χ0) is 19.0. The first-order valence-corrected chi connectivity index (χ1v) is 8.87. The van der Waals surface area contributed by atoms with Gasteiger partial charge in [0.25, 0.3) is 0 Å². The molecule has 0 amide bonds. The van der Waals surface area contributed by atoms with E-state index in [4.69, 9.17) is 9.26 Å². The summed E-state index contributed by atoms with van der Waals surface area (Å²) in [5.74, 6) is 0. The monoisotopic (exact) mass is 437 g/mol. The predicted molar refractivity (Wildman–Crippen MR) is 98.4 cm³/mol. The Morgan fingerprint density at radius 3 is 2.40 bits per heavy atom. The third-order valence-electron chi connectivity index (χ3n) is 3.53. The van der Waals surface area contributed by atoms with E-state index >= 15 is 0 Å². The van der Waals surface area contributed by atoms with Crippen LogP contribution in [0.15, 0.2) is 22.7 Å². The summed E-state index contributed by atoms with van der Waals surface area (Å²) in [6.45, 7) is 7.92. The Kier molecular flexibility index (Phi) is 6.14. The van der Waals surface area contributed by atoms with Crippen molar-refractivity contribution in [1.82, 2.24) is 4.98 Å². The molecule has 25 heavy (non-hydrogen) atoms. The van der Waals surface area contributed by atoms with Crippen LogP contribution in [0.4, 0.5) is 13.2 Å². The molecule has 0 saturated heterocycles. The molecule has 0 saturated carbocycles. The summed E-state index contributed by atoms with van der Waals surface area (Å²) in [5.41, 5.74) is 0.584. The Balaban J connectivity index is 2.61. The average Bonchev–Trinajstić information content (AvgIpc) is 2.44. The highest BCUT2D eigenvalue weighted by Crippen LogP contribution is 2.38. The second-order valence-corrected chi connectivity index (χ2v) is 7.86. The summed E-state index contributed by atoms with van der Waals surface area (Å²) in [6, 6.07) is 4.05. The summed E-state index contributed by atoms with van der Waals surface area (Å²) >= 11 is 3.52. The molecule has 0 radical (unpaired) electrons. The third-order valence-corrected chi connectivity index (χ3v) is 4.58. The van der Waals surface area contributed by atoms with Crippen molar-refractivity contribution in [1.29, 1.82) is 0 Å². The van der Waals surface area contributed by atoms with Crippen LogP contribution in [0, 0.1) is 6.92 Å². The lowest BCUT2D eigenvalue weighted by molar-refractivity contribution is -0.140. The molecule has 2 atom stereocenters. The Labute approximate surface area is 155 Å². The van der Waals surface area contributed by atoms with Gasteiger partial charge in [-0.1, -0.05) is 0 Å². The van der Waals surface area contributed by atoms with Crippen molar-refractivity contribution in [3.8, 4) is 0 Å². The number of nitrogens with zero attached hydrogens (tertiary/aromatic N) is 1. The molecular formula is C17H20BrF3NO2P. The first kappa shape index (κ1) is 20.6. The van der Waals surface area contributed by atoms with Crippen molar-refractivity contribution in [2.24, 2.45) is 0 Å². The van der Waals surface area contributed by atoms with Gasteiger partial charge >= 0.3 is 6.18 Å². The Morgan fingerprint density at radius 2 is 1.88 bits per heavy atom. The normalized spacial score (nSPS) is 14.1. The highest BCUT2D eigenvalue weighted by molar-refractivity contribution is 9.10. The number of fused-ring (bicyclic) bond motifs is 1. The molecule has 0 N–H and O–H groups in total. The van der Waals surface area contributed by atoms with Crippen LogP contribution in [0.5, 0.6) is 0 Å². The second-order valence-electron chi connectivity index (χ2n) is 6.73. The SMILES string of the molecule is Cc1cc2nc(C(F)(F)F)ccc2c(Br)c1[C@@H](COP)OC(C)(C)C. The molecular weight excluding hydrogens is 418 g/mol. The van der Waals surface area contributed by atoms with Crippen molar-refractivity contribution < 1.29 is 22.4 Å². The molecule has 0 aliphatic rings. The maximum absolute atomic E-state index is 12.9. The molecule has 2 aromatic rings. The third kappa shape index (κ3) is 4.91. The highest BCUT2D eigenvalue weighted by Gasteiger charge is 2.33. The molecule has 1 heterocycles. The molecule has 1 unspecified atom stereocenters. The maximum atomic E-state index is 12.9. The van der Waals surface area contributed by atoms with E-state index in [-0.39, 0.29) is 11.6 Å². The van der Waals surface area contributed by atoms with Gasteiger partial charge in [-0.05, 0) is 67.4 Å². The number of halogens is 4. The van der Waals surface area contributed by atoms with E-state index in [9.17, 15) is 13.2 Å². The van der Waals surface area contributed by atoms with E-state index in [0.29, 0.717) is 16.5 Å². The van der Waals surface area contributed by atoms with Gasteiger partial charge in [-0.25, -0.2) is 4.98 Å². The molecule has 138 valence electrons. The lowest BCUT2D eigenvalue weighted by Crippen LogP contribution is -2.25. The molecule has 3 nitrogen and oxygen atoms in total. The van der Waals surface area contributed by atoms with E-state index in [1.165, 1.54) is 6.07 Å². The minimum atomic E-state index is -4.47. The van der Waals surface area contributed by atoms with E-state index < -0.39 is 17.5 Å². The summed E-state index contributed by atoms with van der Waals surface area (Å²) in [6.07, 6.45) is -4.85. The largest absolute Gasteiger partial charge is 0.433 e. The van der Waals surface area contributed by atoms with Gasteiger partial charge in [-0.15, -0.1) is 0 Å². The van der Waals surface area contributed by atoms with Gasteiger partial charge in [0.15, 0.2) is 0 Å². The number of pyridine rings is 1. The molecule has 0 fully saturated rings.